The summed E-state index contributed by atoms with van der Waals surface area (Å²) < 4.78 is 17.6. The molecular weight excluding hydrogens is 594 g/mol. The Bertz CT molecular complexity index is 1480. The lowest BCUT2D eigenvalue weighted by Gasteiger charge is -2.62. The van der Waals surface area contributed by atoms with E-state index in [4.69, 9.17) is 14.2 Å². The third-order valence-corrected chi connectivity index (χ3v) is 13.0. The van der Waals surface area contributed by atoms with E-state index in [9.17, 15) is 19.6 Å². The molecule has 0 saturated heterocycles. The molecule has 4 aliphatic rings. The first-order valence-electron chi connectivity index (χ1n) is 17.4. The van der Waals surface area contributed by atoms with Crippen LogP contribution in [0, 0.1) is 46.3 Å². The Morgan fingerprint density at radius 2 is 1.53 bits per heavy atom. The Labute approximate surface area is 278 Å². The Morgan fingerprint density at radius 3 is 2.15 bits per heavy atom. The van der Waals surface area contributed by atoms with Gasteiger partial charge in [0.25, 0.3) is 0 Å². The molecule has 0 spiro atoms. The van der Waals surface area contributed by atoms with Gasteiger partial charge >= 0.3 is 17.9 Å². The molecule has 1 N–H and O–H groups in total. The van der Waals surface area contributed by atoms with E-state index >= 15 is 0 Å². The van der Waals surface area contributed by atoms with Gasteiger partial charge in [-0.1, -0.05) is 62.3 Å². The van der Waals surface area contributed by atoms with Gasteiger partial charge in [0.15, 0.2) is 0 Å². The lowest BCUT2D eigenvalue weighted by atomic mass is 9.43. The largest absolute Gasteiger partial charge is 0.469 e. The van der Waals surface area contributed by atoms with E-state index in [0.717, 1.165) is 31.4 Å². The molecule has 0 radical (unpaired) electrons. The molecular formula is C39H49NO7. The first-order chi connectivity index (χ1) is 22.6. The van der Waals surface area contributed by atoms with E-state index < -0.39 is 0 Å². The summed E-state index contributed by atoms with van der Waals surface area (Å²) in [7, 11) is 1.42. The number of hydrogen-bond acceptors (Lipinski definition) is 8. The maximum atomic E-state index is 13.7. The van der Waals surface area contributed by atoms with Crippen LogP contribution in [0.4, 0.5) is 0 Å². The molecule has 4 aliphatic carbocycles. The smallest absolute Gasteiger partial charge is 0.338 e. The molecule has 10 atom stereocenters. The second-order valence-electron chi connectivity index (χ2n) is 15.0. The van der Waals surface area contributed by atoms with Crippen molar-refractivity contribution >= 4 is 23.6 Å². The van der Waals surface area contributed by atoms with Gasteiger partial charge in [0.1, 0.15) is 12.2 Å². The summed E-state index contributed by atoms with van der Waals surface area (Å²) in [6, 6.07) is 18.3. The summed E-state index contributed by atoms with van der Waals surface area (Å²) >= 11 is 0. The van der Waals surface area contributed by atoms with Gasteiger partial charge in [-0.25, -0.2) is 9.59 Å². The van der Waals surface area contributed by atoms with Crippen molar-refractivity contribution in [2.45, 2.75) is 90.8 Å². The second kappa shape index (κ2) is 13.4. The second-order valence-corrected chi connectivity index (χ2v) is 15.0. The number of nitrogens with zero attached hydrogens (tertiary/aromatic N) is 1. The van der Waals surface area contributed by atoms with Crippen LogP contribution in [0.5, 0.6) is 0 Å². The van der Waals surface area contributed by atoms with Gasteiger partial charge in [-0.2, -0.15) is 0 Å². The molecule has 0 aliphatic heterocycles. The van der Waals surface area contributed by atoms with Crippen LogP contribution >= 0.6 is 0 Å². The molecule has 0 aromatic heterocycles. The summed E-state index contributed by atoms with van der Waals surface area (Å²) in [6.07, 6.45) is 6.13. The van der Waals surface area contributed by atoms with Crippen molar-refractivity contribution in [2.24, 2.45) is 51.5 Å². The number of esters is 3. The zero-order chi connectivity index (χ0) is 33.3. The fourth-order valence-corrected chi connectivity index (χ4v) is 10.4. The molecule has 8 heteroatoms. The number of oxime groups is 1. The highest BCUT2D eigenvalue weighted by Crippen LogP contribution is 2.68. The van der Waals surface area contributed by atoms with Crippen LogP contribution in [-0.2, 0) is 19.0 Å². The molecule has 4 saturated carbocycles. The number of methoxy groups -OCH3 is 1. The Kier molecular flexibility index (Phi) is 9.50. The fraction of sp³-hybridized carbons (Fsp3) is 0.590. The summed E-state index contributed by atoms with van der Waals surface area (Å²) in [6.45, 7) is 6.86. The van der Waals surface area contributed by atoms with Crippen LogP contribution in [0.15, 0.2) is 65.8 Å². The zero-order valence-corrected chi connectivity index (χ0v) is 28.1. The summed E-state index contributed by atoms with van der Waals surface area (Å²) in [5.41, 5.74) is 1.46. The van der Waals surface area contributed by atoms with Crippen LogP contribution < -0.4 is 0 Å². The lowest BCUT2D eigenvalue weighted by Crippen LogP contribution is -2.62. The quantitative estimate of drug-likeness (QED) is 0.136. The van der Waals surface area contributed by atoms with Crippen LogP contribution in [0.25, 0.3) is 0 Å². The predicted octanol–water partition coefficient (Wildman–Crippen LogP) is 7.74. The topological polar surface area (TPSA) is 111 Å². The van der Waals surface area contributed by atoms with E-state index in [1.165, 1.54) is 7.11 Å². The van der Waals surface area contributed by atoms with Crippen molar-refractivity contribution in [3.63, 3.8) is 0 Å². The maximum absolute atomic E-state index is 13.7. The van der Waals surface area contributed by atoms with Crippen LogP contribution in [0.1, 0.15) is 99.3 Å². The van der Waals surface area contributed by atoms with Crippen LogP contribution in [0.3, 0.4) is 0 Å². The lowest BCUT2D eigenvalue weighted by molar-refractivity contribution is -0.151. The van der Waals surface area contributed by atoms with E-state index in [1.54, 1.807) is 24.3 Å². The molecule has 8 nitrogen and oxygen atoms in total. The molecule has 0 bridgehead atoms. The normalized spacial score (nSPS) is 35.9. The van der Waals surface area contributed by atoms with Crippen molar-refractivity contribution in [3.8, 4) is 0 Å². The summed E-state index contributed by atoms with van der Waals surface area (Å²) in [5, 5.41) is 14.5. The SMILES string of the molecule is COC(=O)CC[C@@H](C)[C@H]1CC[C@H]2[C@@H]3C(=NO)C[C@@H]4C[C@H](OC(=O)c5ccccc5)CC[C@]4(C)[C@H]3C[C@H](OC(=O)c3ccccc3)[C@]12C. The van der Waals surface area contributed by atoms with Gasteiger partial charge in [0.2, 0.25) is 0 Å². The molecule has 0 heterocycles. The number of benzene rings is 2. The highest BCUT2D eigenvalue weighted by atomic mass is 16.5. The van der Waals surface area contributed by atoms with Crippen molar-refractivity contribution < 1.29 is 33.8 Å². The van der Waals surface area contributed by atoms with Gasteiger partial charge in [0.05, 0.1) is 23.9 Å². The minimum atomic E-state index is -0.358. The standard InChI is InChI=1S/C39H49NO7/c1-24(15-18-34(41)45-4)29-16-17-30-35-31(23-33(39(29,30)3)47-37(43)26-13-9-6-10-14-26)38(2)20-19-28(21-27(38)22-32(35)40-44)46-36(42)25-11-7-5-8-12-25/h5-14,24,27-31,33,35,44H,15-23H2,1-4H3/t24-,27+,28-,29-,30+,31+,33+,35+,38+,39-/m1/s1. The van der Waals surface area contributed by atoms with Crippen molar-refractivity contribution in [1.29, 1.82) is 0 Å². The Balaban J connectivity index is 1.30. The summed E-state index contributed by atoms with van der Waals surface area (Å²) in [5.74, 6) is 0.169. The molecule has 0 unspecified atom stereocenters. The van der Waals surface area contributed by atoms with Crippen LogP contribution in [-0.4, -0.2) is 48.1 Å². The van der Waals surface area contributed by atoms with Gasteiger partial charge < -0.3 is 19.4 Å². The van der Waals surface area contributed by atoms with Gasteiger partial charge in [0, 0.05) is 17.8 Å². The molecule has 6 rings (SSSR count). The monoisotopic (exact) mass is 643 g/mol. The third kappa shape index (κ3) is 6.09. The number of rotatable bonds is 8. The molecule has 47 heavy (non-hydrogen) atoms. The maximum Gasteiger partial charge on any atom is 0.338 e. The summed E-state index contributed by atoms with van der Waals surface area (Å²) in [4.78, 5) is 38.7. The van der Waals surface area contributed by atoms with Crippen LogP contribution in [0.2, 0.25) is 0 Å². The van der Waals surface area contributed by atoms with Gasteiger partial charge in [-0.3, -0.25) is 4.79 Å². The number of ether oxygens (including phenoxy) is 3. The Morgan fingerprint density at radius 1 is 0.894 bits per heavy atom. The van der Waals surface area contributed by atoms with Gasteiger partial charge in [-0.15, -0.1) is 0 Å². The molecule has 2 aromatic rings. The zero-order valence-electron chi connectivity index (χ0n) is 28.1. The minimum Gasteiger partial charge on any atom is -0.469 e. The molecule has 0 amide bonds. The Hall–Kier alpha value is -3.68. The third-order valence-electron chi connectivity index (χ3n) is 13.0. The predicted molar refractivity (Wildman–Crippen MR) is 177 cm³/mol. The number of hydrogen-bond donors (Lipinski definition) is 1. The highest BCUT2D eigenvalue weighted by Gasteiger charge is 2.66. The van der Waals surface area contributed by atoms with Crippen molar-refractivity contribution in [3.05, 3.63) is 71.8 Å². The highest BCUT2D eigenvalue weighted by molar-refractivity contribution is 5.90. The average Bonchev–Trinajstić information content (AvgIpc) is 3.46. The van der Waals surface area contributed by atoms with E-state index in [2.05, 4.69) is 25.9 Å². The van der Waals surface area contributed by atoms with Gasteiger partial charge in [-0.05, 0) is 111 Å². The first-order valence-corrected chi connectivity index (χ1v) is 17.4. The number of carbonyl (C=O) groups excluding carboxylic acids is 3. The number of fused-ring (bicyclic) bond motifs is 5. The minimum absolute atomic E-state index is 0.0687. The van der Waals surface area contributed by atoms with E-state index in [-0.39, 0.29) is 76.5 Å². The fourth-order valence-electron chi connectivity index (χ4n) is 10.4. The molecule has 2 aromatic carbocycles. The van der Waals surface area contributed by atoms with Crippen molar-refractivity contribution in [1.82, 2.24) is 0 Å². The van der Waals surface area contributed by atoms with E-state index in [0.29, 0.717) is 43.2 Å². The first kappa shape index (κ1) is 33.2. The molecule has 4 fully saturated rings. The number of carbonyl (C=O) groups is 3. The molecule has 252 valence electrons. The van der Waals surface area contributed by atoms with E-state index in [1.807, 2.05) is 36.4 Å². The van der Waals surface area contributed by atoms with Crippen molar-refractivity contribution in [2.75, 3.05) is 7.11 Å². The average molecular weight is 644 g/mol.